The third-order valence-corrected chi connectivity index (χ3v) is 12.2. The van der Waals surface area contributed by atoms with Crippen molar-refractivity contribution in [3.63, 3.8) is 0 Å². The molecule has 0 N–H and O–H groups in total. The molecule has 150 valence electrons. The van der Waals surface area contributed by atoms with Crippen LogP contribution >= 0.6 is 11.8 Å². The summed E-state index contributed by atoms with van der Waals surface area (Å²) in [6.07, 6.45) is 0.938. The third kappa shape index (κ3) is 3.32. The van der Waals surface area contributed by atoms with Gasteiger partial charge in [-0.25, -0.2) is 0 Å². The van der Waals surface area contributed by atoms with E-state index in [1.807, 2.05) is 11.8 Å². The van der Waals surface area contributed by atoms with Crippen molar-refractivity contribution in [3.05, 3.63) is 60.2 Å². The first-order valence-electron chi connectivity index (χ1n) is 10.5. The standard InChI is InChI=1S/C23H31NO2SSi/c1-4-28(5-2,6-3)26-23-16-17-25-22(23)24(21-15-11-10-14-20(21)23)18-27-19-12-8-7-9-13-19/h7-15,22H,4-6,16-18H2,1-3H3/t22-,23+/m0/s1. The number of thioether (sulfide) groups is 1. The molecule has 3 nitrogen and oxygen atoms in total. The van der Waals surface area contributed by atoms with Crippen molar-refractivity contribution in [2.24, 2.45) is 0 Å². The van der Waals surface area contributed by atoms with Gasteiger partial charge in [-0.1, -0.05) is 57.2 Å². The van der Waals surface area contributed by atoms with Crippen molar-refractivity contribution in [3.8, 4) is 0 Å². The van der Waals surface area contributed by atoms with Crippen molar-refractivity contribution in [1.82, 2.24) is 0 Å². The molecule has 28 heavy (non-hydrogen) atoms. The number of ether oxygens (including phenoxy) is 1. The zero-order valence-corrected chi connectivity index (χ0v) is 19.0. The highest BCUT2D eigenvalue weighted by Gasteiger charge is 2.58. The fraction of sp³-hybridized carbons (Fsp3) is 0.478. The first kappa shape index (κ1) is 20.0. The monoisotopic (exact) mass is 413 g/mol. The van der Waals surface area contributed by atoms with Crippen LogP contribution in [0.2, 0.25) is 18.1 Å². The number of hydrogen-bond donors (Lipinski definition) is 0. The fourth-order valence-electron chi connectivity index (χ4n) is 4.71. The second-order valence-corrected chi connectivity index (χ2v) is 13.5. The molecule has 2 aromatic rings. The number of hydrogen-bond acceptors (Lipinski definition) is 4. The van der Waals surface area contributed by atoms with E-state index < -0.39 is 8.32 Å². The summed E-state index contributed by atoms with van der Waals surface area (Å²) in [5, 5.41) is 0. The summed E-state index contributed by atoms with van der Waals surface area (Å²) < 4.78 is 13.6. The van der Waals surface area contributed by atoms with E-state index >= 15 is 0 Å². The van der Waals surface area contributed by atoms with Gasteiger partial charge in [-0.05, 0) is 36.3 Å². The van der Waals surface area contributed by atoms with Crippen molar-refractivity contribution >= 4 is 25.8 Å². The third-order valence-electron chi connectivity index (χ3n) is 6.55. The summed E-state index contributed by atoms with van der Waals surface area (Å²) in [7, 11) is -1.78. The Morgan fingerprint density at radius 3 is 2.43 bits per heavy atom. The van der Waals surface area contributed by atoms with E-state index in [1.54, 1.807) is 0 Å². The van der Waals surface area contributed by atoms with Gasteiger partial charge < -0.3 is 14.1 Å². The van der Waals surface area contributed by atoms with Gasteiger partial charge in [-0.3, -0.25) is 0 Å². The van der Waals surface area contributed by atoms with Crippen molar-refractivity contribution in [2.45, 2.75) is 62.0 Å². The van der Waals surface area contributed by atoms with Crippen molar-refractivity contribution < 1.29 is 9.16 Å². The Kier molecular flexibility index (Phi) is 5.88. The van der Waals surface area contributed by atoms with Gasteiger partial charge in [0.1, 0.15) is 5.60 Å². The lowest BCUT2D eigenvalue weighted by Gasteiger charge is -2.41. The van der Waals surface area contributed by atoms with Crippen LogP contribution in [0.1, 0.15) is 32.8 Å². The van der Waals surface area contributed by atoms with Crippen molar-refractivity contribution in [1.29, 1.82) is 0 Å². The van der Waals surface area contributed by atoms with E-state index in [0.29, 0.717) is 0 Å². The average Bonchev–Trinajstić information content (AvgIpc) is 3.27. The largest absolute Gasteiger partial charge is 0.403 e. The van der Waals surface area contributed by atoms with Gasteiger partial charge in [0.25, 0.3) is 0 Å². The fourth-order valence-corrected chi connectivity index (χ4v) is 8.64. The van der Waals surface area contributed by atoms with Crippen LogP contribution in [0.3, 0.4) is 0 Å². The van der Waals surface area contributed by atoms with E-state index in [-0.39, 0.29) is 11.8 Å². The molecular weight excluding hydrogens is 382 g/mol. The minimum absolute atomic E-state index is 0.0161. The molecule has 4 rings (SSSR count). The lowest BCUT2D eigenvalue weighted by Crippen LogP contribution is -2.51. The van der Waals surface area contributed by atoms with Crippen LogP contribution in [0.25, 0.3) is 0 Å². The summed E-state index contributed by atoms with van der Waals surface area (Å²) >= 11 is 1.87. The molecular formula is C23H31NO2SSi. The van der Waals surface area contributed by atoms with E-state index in [1.165, 1.54) is 16.1 Å². The maximum absolute atomic E-state index is 7.23. The highest BCUT2D eigenvalue weighted by molar-refractivity contribution is 7.99. The van der Waals surface area contributed by atoms with Gasteiger partial charge in [0.2, 0.25) is 0 Å². The maximum Gasteiger partial charge on any atom is 0.193 e. The molecule has 0 aromatic heterocycles. The summed E-state index contributed by atoms with van der Waals surface area (Å²) in [6.45, 7) is 7.70. The van der Waals surface area contributed by atoms with Crippen LogP contribution in [0.4, 0.5) is 5.69 Å². The Balaban J connectivity index is 1.68. The Hall–Kier alpha value is -1.27. The minimum Gasteiger partial charge on any atom is -0.403 e. The van der Waals surface area contributed by atoms with Gasteiger partial charge >= 0.3 is 0 Å². The molecule has 0 amide bonds. The van der Waals surface area contributed by atoms with E-state index in [2.05, 4.69) is 80.3 Å². The second kappa shape index (κ2) is 8.23. The van der Waals surface area contributed by atoms with Gasteiger partial charge in [-0.15, -0.1) is 11.8 Å². The van der Waals surface area contributed by atoms with Gasteiger partial charge in [0, 0.05) is 22.6 Å². The molecule has 0 unspecified atom stereocenters. The zero-order valence-electron chi connectivity index (χ0n) is 17.2. The first-order chi connectivity index (χ1) is 13.7. The topological polar surface area (TPSA) is 21.7 Å². The molecule has 5 heteroatoms. The van der Waals surface area contributed by atoms with E-state index in [4.69, 9.17) is 9.16 Å². The quantitative estimate of drug-likeness (QED) is 0.378. The van der Waals surface area contributed by atoms with Gasteiger partial charge in [-0.2, -0.15) is 0 Å². The summed E-state index contributed by atoms with van der Waals surface area (Å²) in [6, 6.07) is 22.9. The number of fused-ring (bicyclic) bond motifs is 3. The Morgan fingerprint density at radius 2 is 1.71 bits per heavy atom. The lowest BCUT2D eigenvalue weighted by atomic mass is 9.93. The molecule has 0 bridgehead atoms. The van der Waals surface area contributed by atoms with Crippen LogP contribution in [-0.2, 0) is 14.8 Å². The highest BCUT2D eigenvalue weighted by Crippen LogP contribution is 2.54. The predicted octanol–water partition coefficient (Wildman–Crippen LogP) is 6.22. The zero-order chi connectivity index (χ0) is 19.6. The molecule has 2 heterocycles. The Labute approximate surface area is 174 Å². The van der Waals surface area contributed by atoms with E-state index in [0.717, 1.165) is 37.0 Å². The highest BCUT2D eigenvalue weighted by atomic mass is 32.2. The Morgan fingerprint density at radius 1 is 1.04 bits per heavy atom. The van der Waals surface area contributed by atoms with Crippen LogP contribution in [0.15, 0.2) is 59.5 Å². The predicted molar refractivity (Wildman–Crippen MR) is 120 cm³/mol. The molecule has 0 saturated carbocycles. The molecule has 1 saturated heterocycles. The van der Waals surface area contributed by atoms with Crippen LogP contribution in [0, 0.1) is 0 Å². The molecule has 0 radical (unpaired) electrons. The smallest absolute Gasteiger partial charge is 0.193 e. The van der Waals surface area contributed by atoms with Crippen LogP contribution in [0.5, 0.6) is 0 Å². The van der Waals surface area contributed by atoms with E-state index in [9.17, 15) is 0 Å². The molecule has 2 aliphatic rings. The van der Waals surface area contributed by atoms with Crippen molar-refractivity contribution in [2.75, 3.05) is 17.4 Å². The van der Waals surface area contributed by atoms with Crippen LogP contribution < -0.4 is 4.90 Å². The number of benzene rings is 2. The maximum atomic E-state index is 7.23. The Bertz CT molecular complexity index is 790. The van der Waals surface area contributed by atoms with Gasteiger partial charge in [0.05, 0.1) is 12.5 Å². The minimum atomic E-state index is -1.78. The van der Waals surface area contributed by atoms with Gasteiger partial charge in [0.15, 0.2) is 14.5 Å². The number of para-hydroxylation sites is 1. The molecule has 0 spiro atoms. The summed E-state index contributed by atoms with van der Waals surface area (Å²) in [5.74, 6) is 0.871. The molecule has 2 atom stereocenters. The summed E-state index contributed by atoms with van der Waals surface area (Å²) in [4.78, 5) is 3.72. The second-order valence-electron chi connectivity index (χ2n) is 7.78. The number of rotatable bonds is 8. The summed E-state index contributed by atoms with van der Waals surface area (Å²) in [5.41, 5.74) is 2.31. The molecule has 2 aliphatic heterocycles. The molecule has 2 aromatic carbocycles. The van der Waals surface area contributed by atoms with Crippen LogP contribution in [-0.4, -0.2) is 27.0 Å². The lowest BCUT2D eigenvalue weighted by molar-refractivity contribution is -0.0177. The number of nitrogens with zero attached hydrogens (tertiary/aromatic N) is 1. The molecule has 0 aliphatic carbocycles. The number of anilines is 1. The SMILES string of the molecule is CC[Si](CC)(CC)O[C@@]12CCO[C@@H]1N(CSc1ccccc1)c1ccccc12. The average molecular weight is 414 g/mol. The normalized spacial score (nSPS) is 23.7. The first-order valence-corrected chi connectivity index (χ1v) is 14.1. The molecule has 1 fully saturated rings.